The summed E-state index contributed by atoms with van der Waals surface area (Å²) >= 11 is 7.09. The van der Waals surface area contributed by atoms with Gasteiger partial charge in [0.05, 0.1) is 9.83 Å². The van der Waals surface area contributed by atoms with Gasteiger partial charge in [0.15, 0.2) is 0 Å². The van der Waals surface area contributed by atoms with Crippen molar-refractivity contribution in [1.29, 1.82) is 0 Å². The van der Waals surface area contributed by atoms with Gasteiger partial charge in [0.25, 0.3) is 0 Å². The fourth-order valence-corrected chi connectivity index (χ4v) is 4.08. The van der Waals surface area contributed by atoms with Crippen LogP contribution in [0, 0.1) is 0 Å². The lowest BCUT2D eigenvalue weighted by Gasteiger charge is -2.17. The molecule has 2 rings (SSSR count). The van der Waals surface area contributed by atoms with Gasteiger partial charge in [-0.25, -0.2) is 4.98 Å². The van der Waals surface area contributed by atoms with E-state index < -0.39 is 0 Å². The summed E-state index contributed by atoms with van der Waals surface area (Å²) in [6.45, 7) is 6.54. The van der Waals surface area contributed by atoms with Gasteiger partial charge in [-0.3, -0.25) is 0 Å². The molecule has 0 amide bonds. The Kier molecular flexibility index (Phi) is 4.95. The minimum Gasteiger partial charge on any atom is -0.301 e. The van der Waals surface area contributed by atoms with Gasteiger partial charge < -0.3 is 5.32 Å². The average Bonchev–Trinajstić information content (AvgIpc) is 2.97. The number of nitrogens with zero attached hydrogens (tertiary/aromatic N) is 1. The number of hydrogen-bond donors (Lipinski definition) is 1. The van der Waals surface area contributed by atoms with Gasteiger partial charge in [0.1, 0.15) is 5.01 Å². The lowest BCUT2D eigenvalue weighted by molar-refractivity contribution is 0.498. The maximum absolute atomic E-state index is 4.49. The molecule has 0 radical (unpaired) electrons. The maximum atomic E-state index is 4.49. The number of aryl methyl sites for hydroxylation is 1. The molecule has 0 saturated carbocycles. The molecule has 0 fully saturated rings. The molecular weight excluding hydrogens is 328 g/mol. The Morgan fingerprint density at radius 3 is 2.61 bits per heavy atom. The van der Waals surface area contributed by atoms with E-state index >= 15 is 0 Å². The molecule has 0 aliphatic carbocycles. The van der Waals surface area contributed by atoms with Crippen molar-refractivity contribution in [3.8, 4) is 0 Å². The topological polar surface area (TPSA) is 24.9 Å². The van der Waals surface area contributed by atoms with E-state index in [-0.39, 0.29) is 0 Å². The van der Waals surface area contributed by atoms with Crippen molar-refractivity contribution in [2.24, 2.45) is 0 Å². The first-order chi connectivity index (χ1) is 8.60. The van der Waals surface area contributed by atoms with E-state index in [0.717, 1.165) is 6.42 Å². The zero-order chi connectivity index (χ0) is 13.1. The fourth-order valence-electron chi connectivity index (χ4n) is 1.78. The van der Waals surface area contributed by atoms with Gasteiger partial charge in [-0.15, -0.1) is 22.7 Å². The quantitative estimate of drug-likeness (QED) is 0.830. The molecule has 98 valence electrons. The Balaban J connectivity index is 2.00. The Hall–Kier alpha value is -0.230. The molecule has 0 aromatic carbocycles. The van der Waals surface area contributed by atoms with Crippen LogP contribution in [0.4, 0.5) is 0 Å². The molecule has 1 N–H and O–H groups in total. The number of nitrogens with one attached hydrogen (secondary N) is 1. The Labute approximate surface area is 125 Å². The van der Waals surface area contributed by atoms with Crippen molar-refractivity contribution >= 4 is 38.6 Å². The zero-order valence-corrected chi connectivity index (χ0v) is 14.0. The molecule has 2 unspecified atom stereocenters. The summed E-state index contributed by atoms with van der Waals surface area (Å²) in [5.74, 6) is 0. The average molecular weight is 345 g/mol. The van der Waals surface area contributed by atoms with E-state index in [0.29, 0.717) is 12.1 Å². The smallest absolute Gasteiger partial charge is 0.109 e. The van der Waals surface area contributed by atoms with Crippen LogP contribution in [0.3, 0.4) is 0 Å². The van der Waals surface area contributed by atoms with Crippen LogP contribution in [-0.2, 0) is 6.42 Å². The summed E-state index contributed by atoms with van der Waals surface area (Å²) < 4.78 is 1.18. The highest BCUT2D eigenvalue weighted by atomic mass is 79.9. The third-order valence-corrected chi connectivity index (χ3v) is 5.94. The van der Waals surface area contributed by atoms with Crippen molar-refractivity contribution in [2.45, 2.75) is 39.3 Å². The summed E-state index contributed by atoms with van der Waals surface area (Å²) in [5, 5.41) is 4.78. The van der Waals surface area contributed by atoms with Crippen molar-refractivity contribution in [3.63, 3.8) is 0 Å². The molecule has 2 heterocycles. The van der Waals surface area contributed by atoms with Gasteiger partial charge in [-0.1, -0.05) is 6.92 Å². The van der Waals surface area contributed by atoms with Crippen LogP contribution in [0.5, 0.6) is 0 Å². The van der Waals surface area contributed by atoms with E-state index in [9.17, 15) is 0 Å². The molecule has 18 heavy (non-hydrogen) atoms. The number of halogens is 1. The van der Waals surface area contributed by atoms with Gasteiger partial charge in [-0.2, -0.15) is 0 Å². The SMILES string of the molecule is CCc1cnc(C(C)NC(C)c2ccc(Br)s2)s1. The molecule has 0 aliphatic heterocycles. The van der Waals surface area contributed by atoms with Crippen molar-refractivity contribution < 1.29 is 0 Å². The summed E-state index contributed by atoms with van der Waals surface area (Å²) in [5.41, 5.74) is 0. The predicted octanol–water partition coefficient (Wildman–Crippen LogP) is 4.94. The minimum atomic E-state index is 0.297. The van der Waals surface area contributed by atoms with Crippen LogP contribution in [-0.4, -0.2) is 4.98 Å². The van der Waals surface area contributed by atoms with Gasteiger partial charge in [0.2, 0.25) is 0 Å². The molecule has 5 heteroatoms. The van der Waals surface area contributed by atoms with E-state index in [1.165, 1.54) is 18.5 Å². The number of hydrogen-bond acceptors (Lipinski definition) is 4. The lowest BCUT2D eigenvalue weighted by atomic mass is 10.2. The highest BCUT2D eigenvalue weighted by Crippen LogP contribution is 2.29. The van der Waals surface area contributed by atoms with E-state index in [4.69, 9.17) is 0 Å². The highest BCUT2D eigenvalue weighted by molar-refractivity contribution is 9.11. The molecule has 0 aliphatic rings. The van der Waals surface area contributed by atoms with Gasteiger partial charge >= 0.3 is 0 Å². The molecule has 2 atom stereocenters. The Morgan fingerprint density at radius 1 is 1.28 bits per heavy atom. The Morgan fingerprint density at radius 2 is 2.06 bits per heavy atom. The first-order valence-electron chi connectivity index (χ1n) is 6.06. The monoisotopic (exact) mass is 344 g/mol. The second-order valence-corrected chi connectivity index (χ2v) is 7.91. The second-order valence-electron chi connectivity index (χ2n) is 4.27. The standard InChI is InChI=1S/C13H17BrN2S2/c1-4-10-7-15-13(17-10)9(3)16-8(2)11-5-6-12(14)18-11/h5-9,16H,4H2,1-3H3. The summed E-state index contributed by atoms with van der Waals surface area (Å²) in [4.78, 5) is 7.19. The number of rotatable bonds is 5. The molecule has 2 aromatic rings. The van der Waals surface area contributed by atoms with Crippen LogP contribution in [0.2, 0.25) is 0 Å². The number of thiazole rings is 1. The Bertz CT molecular complexity index is 507. The minimum absolute atomic E-state index is 0.297. The summed E-state index contributed by atoms with van der Waals surface area (Å²) in [7, 11) is 0. The van der Waals surface area contributed by atoms with E-state index in [1.54, 1.807) is 22.7 Å². The van der Waals surface area contributed by atoms with Crippen LogP contribution in [0.1, 0.15) is 47.6 Å². The maximum Gasteiger partial charge on any atom is 0.109 e. The third kappa shape index (κ3) is 3.41. The van der Waals surface area contributed by atoms with Crippen LogP contribution in [0.25, 0.3) is 0 Å². The molecular formula is C13H17BrN2S2. The second kappa shape index (κ2) is 6.28. The molecule has 0 bridgehead atoms. The number of aromatic nitrogens is 1. The predicted molar refractivity (Wildman–Crippen MR) is 83.5 cm³/mol. The van der Waals surface area contributed by atoms with E-state index in [2.05, 4.69) is 59.1 Å². The first kappa shape index (κ1) is 14.2. The summed E-state index contributed by atoms with van der Waals surface area (Å²) in [6, 6.07) is 4.91. The zero-order valence-electron chi connectivity index (χ0n) is 10.7. The fraction of sp³-hybridized carbons (Fsp3) is 0.462. The van der Waals surface area contributed by atoms with E-state index in [1.807, 2.05) is 6.20 Å². The first-order valence-corrected chi connectivity index (χ1v) is 8.48. The molecule has 0 saturated heterocycles. The van der Waals surface area contributed by atoms with Crippen LogP contribution >= 0.6 is 38.6 Å². The normalized spacial score (nSPS) is 14.7. The van der Waals surface area contributed by atoms with Crippen molar-refractivity contribution in [3.05, 3.63) is 36.9 Å². The lowest BCUT2D eigenvalue weighted by Crippen LogP contribution is -2.21. The molecule has 2 aromatic heterocycles. The largest absolute Gasteiger partial charge is 0.301 e. The van der Waals surface area contributed by atoms with Crippen LogP contribution in [0.15, 0.2) is 22.1 Å². The van der Waals surface area contributed by atoms with Gasteiger partial charge in [-0.05, 0) is 48.3 Å². The third-order valence-electron chi connectivity index (χ3n) is 2.81. The number of thiophene rings is 1. The highest BCUT2D eigenvalue weighted by Gasteiger charge is 2.15. The van der Waals surface area contributed by atoms with Crippen molar-refractivity contribution in [2.75, 3.05) is 0 Å². The van der Waals surface area contributed by atoms with Crippen LogP contribution < -0.4 is 5.32 Å². The molecule has 2 nitrogen and oxygen atoms in total. The molecule has 0 spiro atoms. The van der Waals surface area contributed by atoms with Gasteiger partial charge in [0, 0.05) is 22.0 Å². The summed E-state index contributed by atoms with van der Waals surface area (Å²) in [6.07, 6.45) is 3.06. The van der Waals surface area contributed by atoms with Crippen molar-refractivity contribution in [1.82, 2.24) is 10.3 Å².